The molecule has 1 saturated heterocycles. The van der Waals surface area contributed by atoms with Crippen LogP contribution in [0.4, 0.5) is 8.78 Å². The second-order valence-corrected chi connectivity index (χ2v) is 6.03. The van der Waals surface area contributed by atoms with E-state index in [1.165, 1.54) is 6.07 Å². The number of hydrogen-bond donors (Lipinski definition) is 1. The summed E-state index contributed by atoms with van der Waals surface area (Å²) in [4.78, 5) is 14.3. The van der Waals surface area contributed by atoms with Crippen LogP contribution in [0, 0.1) is 23.5 Å². The fourth-order valence-corrected chi connectivity index (χ4v) is 2.58. The zero-order valence-electron chi connectivity index (χ0n) is 13.3. The van der Waals surface area contributed by atoms with Gasteiger partial charge in [0.15, 0.2) is 17.7 Å². The molecule has 0 aliphatic carbocycles. The van der Waals surface area contributed by atoms with Crippen molar-refractivity contribution in [3.63, 3.8) is 0 Å². The van der Waals surface area contributed by atoms with Gasteiger partial charge in [-0.2, -0.15) is 0 Å². The Morgan fingerprint density at radius 1 is 1.43 bits per heavy atom. The van der Waals surface area contributed by atoms with E-state index in [9.17, 15) is 13.6 Å². The van der Waals surface area contributed by atoms with Crippen LogP contribution in [0.1, 0.15) is 20.3 Å². The van der Waals surface area contributed by atoms with E-state index in [-0.39, 0.29) is 30.0 Å². The summed E-state index contributed by atoms with van der Waals surface area (Å²) in [5.74, 6) is -1.59. The van der Waals surface area contributed by atoms with Crippen LogP contribution in [-0.4, -0.2) is 36.5 Å². The van der Waals surface area contributed by atoms with Gasteiger partial charge in [-0.3, -0.25) is 4.79 Å². The molecular formula is C16H23ClF2N2O2. The Bertz CT molecular complexity index is 543. The molecule has 1 aromatic carbocycles. The highest BCUT2D eigenvalue weighted by Crippen LogP contribution is 2.24. The van der Waals surface area contributed by atoms with E-state index in [1.54, 1.807) is 4.90 Å². The SMILES string of the molecule is CC(C)C(Oc1ccc(F)cc1F)C(=O)N1CCC(CN)C1.Cl. The van der Waals surface area contributed by atoms with Gasteiger partial charge in [0.05, 0.1) is 0 Å². The molecule has 1 heterocycles. The highest BCUT2D eigenvalue weighted by molar-refractivity contribution is 5.85. The molecule has 1 fully saturated rings. The minimum atomic E-state index is -0.806. The minimum Gasteiger partial charge on any atom is -0.477 e. The van der Waals surface area contributed by atoms with E-state index in [2.05, 4.69) is 0 Å². The van der Waals surface area contributed by atoms with E-state index < -0.39 is 17.7 Å². The second-order valence-electron chi connectivity index (χ2n) is 6.03. The summed E-state index contributed by atoms with van der Waals surface area (Å²) in [6.45, 7) is 5.46. The van der Waals surface area contributed by atoms with Crippen molar-refractivity contribution >= 4 is 18.3 Å². The van der Waals surface area contributed by atoms with Crippen LogP contribution in [0.15, 0.2) is 18.2 Å². The number of likely N-dealkylation sites (tertiary alicyclic amines) is 1. The number of amides is 1. The van der Waals surface area contributed by atoms with Gasteiger partial charge in [0, 0.05) is 19.2 Å². The van der Waals surface area contributed by atoms with Crippen molar-refractivity contribution in [2.45, 2.75) is 26.4 Å². The first kappa shape index (κ1) is 19.6. The van der Waals surface area contributed by atoms with E-state index in [1.807, 2.05) is 13.8 Å². The normalized spacial score (nSPS) is 18.7. The maximum atomic E-state index is 13.7. The van der Waals surface area contributed by atoms with Gasteiger partial charge in [0.25, 0.3) is 5.91 Å². The molecule has 2 rings (SSSR count). The van der Waals surface area contributed by atoms with Gasteiger partial charge < -0.3 is 15.4 Å². The van der Waals surface area contributed by atoms with Crippen LogP contribution in [-0.2, 0) is 4.79 Å². The number of nitrogens with zero attached hydrogens (tertiary/aromatic N) is 1. The molecule has 2 unspecified atom stereocenters. The molecule has 7 heteroatoms. The van der Waals surface area contributed by atoms with Gasteiger partial charge in [-0.1, -0.05) is 13.8 Å². The number of benzene rings is 1. The van der Waals surface area contributed by atoms with Crippen LogP contribution in [0.2, 0.25) is 0 Å². The third-order valence-corrected chi connectivity index (χ3v) is 3.93. The number of nitrogens with two attached hydrogens (primary N) is 1. The molecule has 0 bridgehead atoms. The van der Waals surface area contributed by atoms with Crippen molar-refractivity contribution in [3.05, 3.63) is 29.8 Å². The topological polar surface area (TPSA) is 55.6 Å². The van der Waals surface area contributed by atoms with Crippen molar-refractivity contribution in [2.75, 3.05) is 19.6 Å². The molecule has 23 heavy (non-hydrogen) atoms. The smallest absolute Gasteiger partial charge is 0.263 e. The summed E-state index contributed by atoms with van der Waals surface area (Å²) < 4.78 is 32.2. The molecule has 0 aromatic heterocycles. The highest BCUT2D eigenvalue weighted by Gasteiger charge is 2.33. The molecule has 1 aliphatic rings. The largest absolute Gasteiger partial charge is 0.477 e. The molecule has 0 radical (unpaired) electrons. The van der Waals surface area contributed by atoms with Gasteiger partial charge >= 0.3 is 0 Å². The molecule has 2 N–H and O–H groups in total. The summed E-state index contributed by atoms with van der Waals surface area (Å²) in [5, 5.41) is 0. The number of carbonyl (C=O) groups excluding carboxylic acids is 1. The summed E-state index contributed by atoms with van der Waals surface area (Å²) in [5.41, 5.74) is 5.64. The average Bonchev–Trinajstić information content (AvgIpc) is 2.94. The van der Waals surface area contributed by atoms with E-state index in [4.69, 9.17) is 10.5 Å². The molecular weight excluding hydrogens is 326 g/mol. The van der Waals surface area contributed by atoms with Gasteiger partial charge in [-0.05, 0) is 36.9 Å². The maximum absolute atomic E-state index is 13.7. The van der Waals surface area contributed by atoms with Crippen molar-refractivity contribution in [3.8, 4) is 5.75 Å². The summed E-state index contributed by atoms with van der Waals surface area (Å²) in [6.07, 6.45) is 0.0781. The monoisotopic (exact) mass is 348 g/mol. The maximum Gasteiger partial charge on any atom is 0.263 e. The van der Waals surface area contributed by atoms with Gasteiger partial charge in [0.2, 0.25) is 0 Å². The first-order valence-electron chi connectivity index (χ1n) is 7.53. The van der Waals surface area contributed by atoms with Gasteiger partial charge in [0.1, 0.15) is 5.82 Å². The predicted molar refractivity (Wildman–Crippen MR) is 86.6 cm³/mol. The molecule has 1 aliphatic heterocycles. The van der Waals surface area contributed by atoms with Crippen molar-refractivity contribution < 1.29 is 18.3 Å². The third-order valence-electron chi connectivity index (χ3n) is 3.93. The predicted octanol–water partition coefficient (Wildman–Crippen LogP) is 2.60. The lowest BCUT2D eigenvalue weighted by molar-refractivity contribution is -0.139. The summed E-state index contributed by atoms with van der Waals surface area (Å²) in [7, 11) is 0. The van der Waals surface area contributed by atoms with Crippen LogP contribution in [0.3, 0.4) is 0 Å². The van der Waals surface area contributed by atoms with Crippen molar-refractivity contribution in [1.82, 2.24) is 4.90 Å². The average molecular weight is 349 g/mol. The Labute approximate surface area is 141 Å². The number of rotatable bonds is 5. The van der Waals surface area contributed by atoms with E-state index in [0.717, 1.165) is 18.6 Å². The second kappa shape index (κ2) is 8.45. The molecule has 4 nitrogen and oxygen atoms in total. The van der Waals surface area contributed by atoms with E-state index in [0.29, 0.717) is 25.6 Å². The molecule has 1 amide bonds. The quantitative estimate of drug-likeness (QED) is 0.889. The minimum absolute atomic E-state index is 0. The van der Waals surface area contributed by atoms with Crippen molar-refractivity contribution in [1.29, 1.82) is 0 Å². The van der Waals surface area contributed by atoms with Gasteiger partial charge in [-0.25, -0.2) is 8.78 Å². The fourth-order valence-electron chi connectivity index (χ4n) is 2.58. The summed E-state index contributed by atoms with van der Waals surface area (Å²) >= 11 is 0. The van der Waals surface area contributed by atoms with Crippen molar-refractivity contribution in [2.24, 2.45) is 17.6 Å². The van der Waals surface area contributed by atoms with Crippen LogP contribution >= 0.6 is 12.4 Å². The molecule has 0 spiro atoms. The zero-order valence-corrected chi connectivity index (χ0v) is 14.1. The number of ether oxygens (including phenoxy) is 1. The first-order chi connectivity index (χ1) is 10.4. The molecule has 1 aromatic rings. The molecule has 2 atom stereocenters. The standard InChI is InChI=1S/C16H22F2N2O2.ClH/c1-10(2)15(16(21)20-6-5-11(8-19)9-20)22-14-4-3-12(17)7-13(14)18;/h3-4,7,10-11,15H,5-6,8-9,19H2,1-2H3;1H. The first-order valence-corrected chi connectivity index (χ1v) is 7.53. The Balaban J connectivity index is 0.00000264. The summed E-state index contributed by atoms with van der Waals surface area (Å²) in [6, 6.07) is 3.07. The Kier molecular flexibility index (Phi) is 7.22. The Hall–Kier alpha value is -1.40. The lowest BCUT2D eigenvalue weighted by atomic mass is 10.1. The van der Waals surface area contributed by atoms with E-state index >= 15 is 0 Å². The van der Waals surface area contributed by atoms with Crippen LogP contribution < -0.4 is 10.5 Å². The fraction of sp³-hybridized carbons (Fsp3) is 0.562. The van der Waals surface area contributed by atoms with Crippen LogP contribution in [0.5, 0.6) is 5.75 Å². The number of carbonyl (C=O) groups is 1. The highest BCUT2D eigenvalue weighted by atomic mass is 35.5. The molecule has 0 saturated carbocycles. The third kappa shape index (κ3) is 4.78. The number of halogens is 3. The van der Waals surface area contributed by atoms with Crippen LogP contribution in [0.25, 0.3) is 0 Å². The molecule has 130 valence electrons. The Morgan fingerprint density at radius 2 is 2.13 bits per heavy atom. The Morgan fingerprint density at radius 3 is 2.65 bits per heavy atom. The zero-order chi connectivity index (χ0) is 16.3. The lowest BCUT2D eigenvalue weighted by Gasteiger charge is -2.27. The van der Waals surface area contributed by atoms with Gasteiger partial charge in [-0.15, -0.1) is 12.4 Å². The number of hydrogen-bond acceptors (Lipinski definition) is 3. The lowest BCUT2D eigenvalue weighted by Crippen LogP contribution is -2.44.